The lowest BCUT2D eigenvalue weighted by Crippen LogP contribution is -2.38. The second-order valence-electron chi connectivity index (χ2n) is 7.17. The van der Waals surface area contributed by atoms with E-state index in [0.717, 1.165) is 31.6 Å². The van der Waals surface area contributed by atoms with Crippen LogP contribution in [0.4, 0.5) is 0 Å². The third-order valence-corrected chi connectivity index (χ3v) is 4.44. The smallest absolute Gasteiger partial charge is 0.0916 e. The minimum atomic E-state index is -0.424. The van der Waals surface area contributed by atoms with Crippen LogP contribution in [0.5, 0.6) is 0 Å². The number of likely N-dealkylation sites (N-methyl/N-ethyl adjacent to an activating group) is 1. The van der Waals surface area contributed by atoms with Gasteiger partial charge in [-0.2, -0.15) is 0 Å². The molecule has 0 amide bonds. The first kappa shape index (κ1) is 16.5. The first-order chi connectivity index (χ1) is 9.88. The van der Waals surface area contributed by atoms with Crippen molar-refractivity contribution in [2.75, 3.05) is 26.8 Å². The second-order valence-corrected chi connectivity index (χ2v) is 7.17. The zero-order valence-electron chi connectivity index (χ0n) is 13.8. The molecule has 0 aliphatic carbocycles. The summed E-state index contributed by atoms with van der Waals surface area (Å²) in [5, 5.41) is 10.4. The van der Waals surface area contributed by atoms with Crippen molar-refractivity contribution in [2.24, 2.45) is 0 Å². The lowest BCUT2D eigenvalue weighted by molar-refractivity contribution is 0.0253. The third kappa shape index (κ3) is 4.53. The van der Waals surface area contributed by atoms with E-state index in [4.69, 9.17) is 4.74 Å². The van der Waals surface area contributed by atoms with Gasteiger partial charge in [-0.25, -0.2) is 0 Å². The number of aliphatic hydroxyl groups excluding tert-OH is 1. The molecule has 2 rings (SSSR count). The first-order valence-corrected chi connectivity index (χ1v) is 7.94. The van der Waals surface area contributed by atoms with Gasteiger partial charge in [0, 0.05) is 25.8 Å². The Balaban J connectivity index is 1.94. The van der Waals surface area contributed by atoms with Gasteiger partial charge < -0.3 is 14.7 Å². The summed E-state index contributed by atoms with van der Waals surface area (Å²) < 4.78 is 5.40. The van der Waals surface area contributed by atoms with Crippen molar-refractivity contribution in [1.29, 1.82) is 0 Å². The molecule has 1 unspecified atom stereocenters. The van der Waals surface area contributed by atoms with E-state index in [-0.39, 0.29) is 5.41 Å². The van der Waals surface area contributed by atoms with Crippen LogP contribution in [0.3, 0.4) is 0 Å². The molecule has 0 aromatic heterocycles. The fourth-order valence-electron chi connectivity index (χ4n) is 2.86. The van der Waals surface area contributed by atoms with E-state index < -0.39 is 6.10 Å². The van der Waals surface area contributed by atoms with E-state index in [1.54, 1.807) is 0 Å². The molecule has 1 aliphatic heterocycles. The van der Waals surface area contributed by atoms with Gasteiger partial charge in [0.1, 0.15) is 0 Å². The Hall–Kier alpha value is -0.900. The van der Waals surface area contributed by atoms with Gasteiger partial charge in [-0.05, 0) is 36.4 Å². The summed E-state index contributed by atoms with van der Waals surface area (Å²) in [4.78, 5) is 2.27. The van der Waals surface area contributed by atoms with Crippen LogP contribution in [-0.4, -0.2) is 42.9 Å². The number of aliphatic hydroxyl groups is 1. The molecular weight excluding hydrogens is 262 g/mol. The summed E-state index contributed by atoms with van der Waals surface area (Å²) in [5.41, 5.74) is 2.46. The third-order valence-electron chi connectivity index (χ3n) is 4.44. The number of benzene rings is 1. The van der Waals surface area contributed by atoms with Gasteiger partial charge in [0.15, 0.2) is 0 Å². The van der Waals surface area contributed by atoms with E-state index in [1.807, 2.05) is 0 Å². The van der Waals surface area contributed by atoms with Gasteiger partial charge in [0.25, 0.3) is 0 Å². The van der Waals surface area contributed by atoms with Gasteiger partial charge in [-0.15, -0.1) is 0 Å². The van der Waals surface area contributed by atoms with Crippen LogP contribution in [0.15, 0.2) is 24.3 Å². The number of rotatable bonds is 4. The average Bonchev–Trinajstić information content (AvgIpc) is 2.47. The Labute approximate surface area is 128 Å². The van der Waals surface area contributed by atoms with Crippen LogP contribution in [0.2, 0.25) is 0 Å². The number of nitrogens with zero attached hydrogens (tertiary/aromatic N) is 1. The molecule has 3 nitrogen and oxygen atoms in total. The maximum absolute atomic E-state index is 10.4. The molecule has 0 saturated carbocycles. The highest BCUT2D eigenvalue weighted by Crippen LogP contribution is 2.24. The van der Waals surface area contributed by atoms with Gasteiger partial charge in [-0.3, -0.25) is 0 Å². The van der Waals surface area contributed by atoms with Crippen LogP contribution in [-0.2, 0) is 10.2 Å². The maximum atomic E-state index is 10.4. The normalized spacial score (nSPS) is 19.0. The molecule has 1 atom stereocenters. The summed E-state index contributed by atoms with van der Waals surface area (Å²) in [6.45, 7) is 8.97. The average molecular weight is 291 g/mol. The minimum absolute atomic E-state index is 0.155. The largest absolute Gasteiger partial charge is 0.387 e. The van der Waals surface area contributed by atoms with Crippen LogP contribution in [0.25, 0.3) is 0 Å². The zero-order valence-corrected chi connectivity index (χ0v) is 13.8. The molecular formula is C18H29NO2. The van der Waals surface area contributed by atoms with Crippen LogP contribution < -0.4 is 0 Å². The molecule has 3 heteroatoms. The topological polar surface area (TPSA) is 32.7 Å². The highest BCUT2D eigenvalue weighted by molar-refractivity contribution is 5.28. The van der Waals surface area contributed by atoms with E-state index in [2.05, 4.69) is 57.0 Å². The molecule has 21 heavy (non-hydrogen) atoms. The molecule has 1 heterocycles. The molecule has 1 fully saturated rings. The fourth-order valence-corrected chi connectivity index (χ4v) is 2.86. The van der Waals surface area contributed by atoms with Crippen molar-refractivity contribution < 1.29 is 9.84 Å². The molecule has 118 valence electrons. The van der Waals surface area contributed by atoms with Crippen molar-refractivity contribution in [1.82, 2.24) is 4.90 Å². The quantitative estimate of drug-likeness (QED) is 0.925. The fraction of sp³-hybridized carbons (Fsp3) is 0.667. The van der Waals surface area contributed by atoms with Crippen molar-refractivity contribution in [3.05, 3.63) is 35.4 Å². The zero-order chi connectivity index (χ0) is 15.5. The predicted octanol–water partition coefficient (Wildman–Crippen LogP) is 3.13. The SMILES string of the molecule is CN(CC(O)c1ccc(C(C)(C)C)cc1)C1CCOCC1. The predicted molar refractivity (Wildman–Crippen MR) is 86.6 cm³/mol. The molecule has 0 bridgehead atoms. The number of hydrogen-bond acceptors (Lipinski definition) is 3. The van der Waals surface area contributed by atoms with E-state index in [0.29, 0.717) is 12.6 Å². The highest BCUT2D eigenvalue weighted by atomic mass is 16.5. The lowest BCUT2D eigenvalue weighted by Gasteiger charge is -2.32. The van der Waals surface area contributed by atoms with Crippen LogP contribution >= 0.6 is 0 Å². The molecule has 1 N–H and O–H groups in total. The minimum Gasteiger partial charge on any atom is -0.387 e. The molecule has 1 aromatic rings. The summed E-state index contributed by atoms with van der Waals surface area (Å²) in [6, 6.07) is 8.91. The maximum Gasteiger partial charge on any atom is 0.0916 e. The summed E-state index contributed by atoms with van der Waals surface area (Å²) in [7, 11) is 2.10. The van der Waals surface area contributed by atoms with Crippen molar-refractivity contribution in [3.8, 4) is 0 Å². The van der Waals surface area contributed by atoms with E-state index >= 15 is 0 Å². The van der Waals surface area contributed by atoms with Gasteiger partial charge in [0.05, 0.1) is 6.10 Å². The standard InChI is InChI=1S/C18H29NO2/c1-18(2,3)15-7-5-14(6-8-15)17(20)13-19(4)16-9-11-21-12-10-16/h5-8,16-17,20H,9-13H2,1-4H3. The summed E-state index contributed by atoms with van der Waals surface area (Å²) in [5.74, 6) is 0. The number of hydrogen-bond donors (Lipinski definition) is 1. The summed E-state index contributed by atoms with van der Waals surface area (Å²) >= 11 is 0. The Morgan fingerprint density at radius 3 is 2.29 bits per heavy atom. The Kier molecular flexibility index (Phi) is 5.42. The Bertz CT molecular complexity index is 430. The lowest BCUT2D eigenvalue weighted by atomic mass is 9.86. The van der Waals surface area contributed by atoms with E-state index in [9.17, 15) is 5.11 Å². The van der Waals surface area contributed by atoms with Gasteiger partial charge >= 0.3 is 0 Å². The molecule has 0 spiro atoms. The molecule has 1 aromatic carbocycles. The Morgan fingerprint density at radius 2 is 1.76 bits per heavy atom. The monoisotopic (exact) mass is 291 g/mol. The van der Waals surface area contributed by atoms with E-state index in [1.165, 1.54) is 5.56 Å². The highest BCUT2D eigenvalue weighted by Gasteiger charge is 2.21. The molecule has 1 aliphatic rings. The van der Waals surface area contributed by atoms with Gasteiger partial charge in [0.2, 0.25) is 0 Å². The molecule has 0 radical (unpaired) electrons. The first-order valence-electron chi connectivity index (χ1n) is 7.94. The molecule has 1 saturated heterocycles. The van der Waals surface area contributed by atoms with Crippen LogP contribution in [0.1, 0.15) is 50.8 Å². The van der Waals surface area contributed by atoms with Crippen molar-refractivity contribution >= 4 is 0 Å². The van der Waals surface area contributed by atoms with Crippen LogP contribution in [0, 0.1) is 0 Å². The second kappa shape index (κ2) is 6.91. The van der Waals surface area contributed by atoms with Crippen molar-refractivity contribution in [3.63, 3.8) is 0 Å². The Morgan fingerprint density at radius 1 is 1.19 bits per heavy atom. The summed E-state index contributed by atoms with van der Waals surface area (Å²) in [6.07, 6.45) is 1.70. The van der Waals surface area contributed by atoms with Gasteiger partial charge in [-0.1, -0.05) is 45.0 Å². The number of ether oxygens (including phenoxy) is 1. The van der Waals surface area contributed by atoms with Crippen molar-refractivity contribution in [2.45, 2.75) is 51.2 Å².